The summed E-state index contributed by atoms with van der Waals surface area (Å²) in [6, 6.07) is 0. The van der Waals surface area contributed by atoms with Crippen LogP contribution in [0.2, 0.25) is 0 Å². The third-order valence-electron chi connectivity index (χ3n) is 1.18. The van der Waals surface area contributed by atoms with Crippen LogP contribution in [0.1, 0.15) is 6.92 Å². The second kappa shape index (κ2) is 1.43. The normalized spacial score (nSPS) is 16.6. The Morgan fingerprint density at radius 3 is 2.33 bits per heavy atom. The van der Waals surface area contributed by atoms with E-state index in [0.29, 0.717) is 11.5 Å². The number of furan rings is 1. The fraction of sp³-hybridized carbons (Fsp3) is 0.333. The maximum atomic E-state index is 5.13. The van der Waals surface area contributed by atoms with E-state index in [1.807, 2.05) is 6.92 Å². The molecule has 0 atom stereocenters. The Balaban J connectivity index is 2.39. The van der Waals surface area contributed by atoms with Crippen LogP contribution in [0.4, 0.5) is 0 Å². The summed E-state index contributed by atoms with van der Waals surface area (Å²) < 4.78 is 15.0. The van der Waals surface area contributed by atoms with Crippen LogP contribution in [-0.2, 0) is 0 Å². The minimum absolute atomic E-state index is 0.161. The quantitative estimate of drug-likeness (QED) is 0.526. The third kappa shape index (κ3) is 0.575. The van der Waals surface area contributed by atoms with Crippen LogP contribution in [0.15, 0.2) is 16.9 Å². The molecule has 0 spiro atoms. The summed E-state index contributed by atoms with van der Waals surface area (Å²) in [5, 5.41) is 0. The van der Waals surface area contributed by atoms with Crippen molar-refractivity contribution in [3.8, 4) is 11.5 Å². The predicted molar refractivity (Wildman–Crippen MR) is 29.4 cm³/mol. The monoisotopic (exact) mass is 126 g/mol. The molecule has 0 saturated heterocycles. The van der Waals surface area contributed by atoms with E-state index >= 15 is 0 Å². The minimum Gasteiger partial charge on any atom is -0.465 e. The highest BCUT2D eigenvalue weighted by Gasteiger charge is 2.21. The SMILES string of the molecule is CC1Oc2cocc2O1. The summed E-state index contributed by atoms with van der Waals surface area (Å²) in [5.41, 5.74) is 0. The lowest BCUT2D eigenvalue weighted by Crippen LogP contribution is -2.11. The highest BCUT2D eigenvalue weighted by molar-refractivity contribution is 5.37. The maximum absolute atomic E-state index is 5.13. The van der Waals surface area contributed by atoms with Crippen LogP contribution < -0.4 is 9.47 Å². The predicted octanol–water partition coefficient (Wildman–Crippen LogP) is 1.40. The summed E-state index contributed by atoms with van der Waals surface area (Å²) in [7, 11) is 0. The molecule has 2 rings (SSSR count). The summed E-state index contributed by atoms with van der Waals surface area (Å²) in [5.74, 6) is 1.39. The molecule has 48 valence electrons. The van der Waals surface area contributed by atoms with Crippen molar-refractivity contribution in [2.75, 3.05) is 0 Å². The lowest BCUT2D eigenvalue weighted by atomic mass is 10.6. The second-order valence-electron chi connectivity index (χ2n) is 1.90. The van der Waals surface area contributed by atoms with Crippen molar-refractivity contribution < 1.29 is 13.9 Å². The largest absolute Gasteiger partial charge is 0.465 e. The van der Waals surface area contributed by atoms with Crippen LogP contribution in [0, 0.1) is 0 Å². The topological polar surface area (TPSA) is 31.6 Å². The first-order valence-electron chi connectivity index (χ1n) is 2.76. The van der Waals surface area contributed by atoms with Crippen molar-refractivity contribution in [2.45, 2.75) is 13.2 Å². The van der Waals surface area contributed by atoms with Crippen LogP contribution in [-0.4, -0.2) is 6.29 Å². The molecule has 0 bridgehead atoms. The van der Waals surface area contributed by atoms with Crippen LogP contribution >= 0.6 is 0 Å². The standard InChI is InChI=1S/C6H6O3/c1-4-8-5-2-7-3-6(5)9-4/h2-4H,1H3. The molecule has 0 saturated carbocycles. The van der Waals surface area contributed by atoms with Crippen molar-refractivity contribution >= 4 is 0 Å². The average molecular weight is 126 g/mol. The number of hydrogen-bond acceptors (Lipinski definition) is 3. The molecule has 2 heterocycles. The molecule has 0 amide bonds. The zero-order chi connectivity index (χ0) is 6.27. The van der Waals surface area contributed by atoms with E-state index in [1.54, 1.807) is 0 Å². The van der Waals surface area contributed by atoms with Gasteiger partial charge in [-0.15, -0.1) is 0 Å². The lowest BCUT2D eigenvalue weighted by molar-refractivity contribution is 0.0634. The first kappa shape index (κ1) is 4.73. The van der Waals surface area contributed by atoms with Gasteiger partial charge in [-0.3, -0.25) is 0 Å². The van der Waals surface area contributed by atoms with Gasteiger partial charge in [-0.25, -0.2) is 0 Å². The van der Waals surface area contributed by atoms with E-state index in [1.165, 1.54) is 12.5 Å². The molecule has 1 aromatic heterocycles. The van der Waals surface area contributed by atoms with Gasteiger partial charge in [0.2, 0.25) is 17.8 Å². The second-order valence-corrected chi connectivity index (χ2v) is 1.90. The van der Waals surface area contributed by atoms with Crippen molar-refractivity contribution in [3.63, 3.8) is 0 Å². The molecule has 1 aliphatic rings. The molecule has 3 heteroatoms. The third-order valence-corrected chi connectivity index (χ3v) is 1.18. The van der Waals surface area contributed by atoms with Gasteiger partial charge in [0, 0.05) is 6.92 Å². The van der Waals surface area contributed by atoms with Gasteiger partial charge in [-0.05, 0) is 0 Å². The first-order chi connectivity index (χ1) is 4.36. The van der Waals surface area contributed by atoms with Crippen LogP contribution in [0.3, 0.4) is 0 Å². The Bertz CT molecular complexity index is 195. The molecule has 1 aromatic rings. The van der Waals surface area contributed by atoms with Gasteiger partial charge >= 0.3 is 0 Å². The first-order valence-corrected chi connectivity index (χ1v) is 2.76. The Hall–Kier alpha value is -1.12. The van der Waals surface area contributed by atoms with Gasteiger partial charge < -0.3 is 13.9 Å². The van der Waals surface area contributed by atoms with Crippen molar-refractivity contribution in [1.29, 1.82) is 0 Å². The number of ether oxygens (including phenoxy) is 2. The highest BCUT2D eigenvalue weighted by Crippen LogP contribution is 2.34. The van der Waals surface area contributed by atoms with E-state index in [0.717, 1.165) is 0 Å². The molecule has 0 fully saturated rings. The Morgan fingerprint density at radius 1 is 1.22 bits per heavy atom. The van der Waals surface area contributed by atoms with Gasteiger partial charge in [0.1, 0.15) is 12.5 Å². The van der Waals surface area contributed by atoms with E-state index in [2.05, 4.69) is 0 Å². The molecule has 0 aliphatic carbocycles. The van der Waals surface area contributed by atoms with Crippen molar-refractivity contribution in [2.24, 2.45) is 0 Å². The zero-order valence-corrected chi connectivity index (χ0v) is 4.96. The summed E-state index contributed by atoms with van der Waals surface area (Å²) in [6.07, 6.45) is 2.89. The number of rotatable bonds is 0. The lowest BCUT2D eigenvalue weighted by Gasteiger charge is -2.00. The molecule has 0 radical (unpaired) electrons. The molecule has 0 aromatic carbocycles. The fourth-order valence-corrected chi connectivity index (χ4v) is 0.827. The summed E-state index contributed by atoms with van der Waals surface area (Å²) >= 11 is 0. The molecule has 1 aliphatic heterocycles. The minimum atomic E-state index is -0.161. The van der Waals surface area contributed by atoms with Gasteiger partial charge in [0.25, 0.3) is 0 Å². The Kier molecular flexibility index (Phi) is 0.754. The van der Waals surface area contributed by atoms with Gasteiger partial charge in [0.05, 0.1) is 0 Å². The molecule has 0 N–H and O–H groups in total. The van der Waals surface area contributed by atoms with Crippen molar-refractivity contribution in [1.82, 2.24) is 0 Å². The fourth-order valence-electron chi connectivity index (χ4n) is 0.827. The molecule has 0 unspecified atom stereocenters. The molecular weight excluding hydrogens is 120 g/mol. The average Bonchev–Trinajstić information content (AvgIpc) is 2.22. The maximum Gasteiger partial charge on any atom is 0.239 e. The van der Waals surface area contributed by atoms with Crippen LogP contribution in [0.25, 0.3) is 0 Å². The molecule has 3 nitrogen and oxygen atoms in total. The molecule has 9 heavy (non-hydrogen) atoms. The van der Waals surface area contributed by atoms with E-state index in [-0.39, 0.29) is 6.29 Å². The Morgan fingerprint density at radius 2 is 1.78 bits per heavy atom. The summed E-state index contributed by atoms with van der Waals surface area (Å²) in [4.78, 5) is 0. The van der Waals surface area contributed by atoms with E-state index in [4.69, 9.17) is 13.9 Å². The highest BCUT2D eigenvalue weighted by atomic mass is 16.7. The van der Waals surface area contributed by atoms with Crippen LogP contribution in [0.5, 0.6) is 11.5 Å². The van der Waals surface area contributed by atoms with Gasteiger partial charge in [0.15, 0.2) is 0 Å². The summed E-state index contributed by atoms with van der Waals surface area (Å²) in [6.45, 7) is 1.83. The van der Waals surface area contributed by atoms with Gasteiger partial charge in [-0.1, -0.05) is 0 Å². The van der Waals surface area contributed by atoms with E-state index in [9.17, 15) is 0 Å². The number of hydrogen-bond donors (Lipinski definition) is 0. The zero-order valence-electron chi connectivity index (χ0n) is 4.96. The Labute approximate surface area is 52.2 Å². The molecular formula is C6H6O3. The number of fused-ring (bicyclic) bond motifs is 1. The smallest absolute Gasteiger partial charge is 0.239 e. The van der Waals surface area contributed by atoms with Gasteiger partial charge in [-0.2, -0.15) is 0 Å². The van der Waals surface area contributed by atoms with Crippen molar-refractivity contribution in [3.05, 3.63) is 12.5 Å². The van der Waals surface area contributed by atoms with E-state index < -0.39 is 0 Å².